The van der Waals surface area contributed by atoms with Crippen LogP contribution >= 0.6 is 0 Å². The number of hydrogen-bond donors (Lipinski definition) is 0. The van der Waals surface area contributed by atoms with E-state index in [1.54, 1.807) is 0 Å². The molecule has 0 saturated carbocycles. The number of fused-ring (bicyclic) bond motifs is 3. The molecule has 0 aliphatic carbocycles. The second-order valence-electron chi connectivity index (χ2n) is 18.9. The Balaban J connectivity index is 0.933. The van der Waals surface area contributed by atoms with Crippen LogP contribution in [0.2, 0.25) is 0 Å². The first-order valence-corrected chi connectivity index (χ1v) is 25.7. The minimum absolute atomic E-state index is 1.07. The lowest BCUT2D eigenvalue weighted by molar-refractivity contribution is 1.18. The van der Waals surface area contributed by atoms with Crippen LogP contribution in [0.1, 0.15) is 0 Å². The lowest BCUT2D eigenvalue weighted by Gasteiger charge is -2.28. The van der Waals surface area contributed by atoms with E-state index in [-0.39, 0.29) is 0 Å². The van der Waals surface area contributed by atoms with Crippen molar-refractivity contribution in [2.75, 3.05) is 9.80 Å². The number of nitrogens with zero attached hydrogens (tertiary/aromatic N) is 3. The van der Waals surface area contributed by atoms with Gasteiger partial charge in [-0.05, 0) is 147 Å². The van der Waals surface area contributed by atoms with Gasteiger partial charge in [0.05, 0.1) is 16.7 Å². The summed E-state index contributed by atoms with van der Waals surface area (Å²) in [5.74, 6) is 0. The molecule has 3 heteroatoms. The van der Waals surface area contributed by atoms with E-state index in [0.29, 0.717) is 0 Å². The monoisotopic (exact) mass is 957 g/mol. The number of anilines is 6. The standard InChI is InChI=1S/C72H51N3/c1-7-23-52(24-8-1)63-35-19-21-37-70(63)74(58-31-15-5-16-32-58)61-45-41-56(42-46-61)69-51-66(53-25-9-2-10-26-53)68(50-67(69)54-27-11-3-12-28-54)55-39-43-60(44-40-55)73(57-29-13-4-14-30-57)62-47-48-65-64-36-20-22-38-71(64)75(72(65)49-62)59-33-17-6-18-34-59/h1-51H. The highest BCUT2D eigenvalue weighted by atomic mass is 15.1. The molecule has 0 aliphatic heterocycles. The Bertz CT molecular complexity index is 4060. The highest BCUT2D eigenvalue weighted by molar-refractivity contribution is 6.10. The zero-order chi connectivity index (χ0) is 49.9. The highest BCUT2D eigenvalue weighted by Crippen LogP contribution is 2.46. The van der Waals surface area contributed by atoms with E-state index in [0.717, 1.165) is 67.6 Å². The van der Waals surface area contributed by atoms with Gasteiger partial charge in [-0.15, -0.1) is 0 Å². The molecule has 0 N–H and O–H groups in total. The molecule has 0 unspecified atom stereocenters. The molecule has 75 heavy (non-hydrogen) atoms. The second-order valence-corrected chi connectivity index (χ2v) is 18.9. The van der Waals surface area contributed by atoms with E-state index < -0.39 is 0 Å². The van der Waals surface area contributed by atoms with Crippen molar-refractivity contribution in [1.82, 2.24) is 4.57 Å². The Morgan fingerprint density at radius 1 is 0.213 bits per heavy atom. The number of hydrogen-bond acceptors (Lipinski definition) is 2. The van der Waals surface area contributed by atoms with Crippen LogP contribution in [-0.4, -0.2) is 4.57 Å². The minimum Gasteiger partial charge on any atom is -0.310 e. The summed E-state index contributed by atoms with van der Waals surface area (Å²) in [5.41, 5.74) is 21.7. The molecule has 354 valence electrons. The van der Waals surface area contributed by atoms with Crippen molar-refractivity contribution in [3.63, 3.8) is 0 Å². The molecule has 13 rings (SSSR count). The largest absolute Gasteiger partial charge is 0.310 e. The van der Waals surface area contributed by atoms with E-state index >= 15 is 0 Å². The summed E-state index contributed by atoms with van der Waals surface area (Å²) in [5, 5.41) is 2.46. The van der Waals surface area contributed by atoms with Gasteiger partial charge in [0.15, 0.2) is 0 Å². The van der Waals surface area contributed by atoms with Crippen LogP contribution in [0.3, 0.4) is 0 Å². The summed E-state index contributed by atoms with van der Waals surface area (Å²) in [7, 11) is 0. The number of rotatable bonds is 12. The van der Waals surface area contributed by atoms with Crippen molar-refractivity contribution in [3.05, 3.63) is 309 Å². The molecular formula is C72H51N3. The number of benzene rings is 12. The van der Waals surface area contributed by atoms with Crippen LogP contribution < -0.4 is 9.80 Å². The maximum atomic E-state index is 2.41. The van der Waals surface area contributed by atoms with Crippen molar-refractivity contribution >= 4 is 55.9 Å². The van der Waals surface area contributed by atoms with Crippen LogP contribution in [-0.2, 0) is 0 Å². The van der Waals surface area contributed by atoms with Gasteiger partial charge in [-0.3, -0.25) is 0 Å². The Labute approximate surface area is 438 Å². The molecular weight excluding hydrogens is 907 g/mol. The van der Waals surface area contributed by atoms with Crippen LogP contribution in [0.4, 0.5) is 34.1 Å². The molecule has 0 amide bonds. The summed E-state index contributed by atoms with van der Waals surface area (Å²) < 4.78 is 2.39. The van der Waals surface area contributed by atoms with Crippen molar-refractivity contribution in [2.24, 2.45) is 0 Å². The van der Waals surface area contributed by atoms with Gasteiger partial charge in [0.2, 0.25) is 0 Å². The minimum atomic E-state index is 1.07. The SMILES string of the molecule is c1ccc(-c2cc(-c3ccc(N(c4ccccc4)c4ccccc4-c4ccccc4)cc3)c(-c3ccccc3)cc2-c2ccc(N(c3ccccc3)c3ccc4c5ccccc5n(-c5ccccc5)c4c3)cc2)cc1. The van der Waals surface area contributed by atoms with Gasteiger partial charge < -0.3 is 14.4 Å². The third-order valence-electron chi connectivity index (χ3n) is 14.4. The first kappa shape index (κ1) is 44.9. The fourth-order valence-corrected chi connectivity index (χ4v) is 10.9. The lowest BCUT2D eigenvalue weighted by Crippen LogP contribution is -2.11. The molecule has 0 atom stereocenters. The first-order valence-electron chi connectivity index (χ1n) is 25.7. The second kappa shape index (κ2) is 19.9. The zero-order valence-corrected chi connectivity index (χ0v) is 41.3. The van der Waals surface area contributed by atoms with Crippen molar-refractivity contribution in [2.45, 2.75) is 0 Å². The third kappa shape index (κ3) is 8.63. The average molecular weight is 958 g/mol. The van der Waals surface area contributed by atoms with Gasteiger partial charge >= 0.3 is 0 Å². The summed E-state index contributed by atoms with van der Waals surface area (Å²) in [4.78, 5) is 4.74. The smallest absolute Gasteiger partial charge is 0.0561 e. The lowest BCUT2D eigenvalue weighted by atomic mass is 9.85. The predicted octanol–water partition coefficient (Wildman–Crippen LogP) is 20.1. The van der Waals surface area contributed by atoms with Crippen LogP contribution in [0, 0.1) is 0 Å². The van der Waals surface area contributed by atoms with E-state index in [1.165, 1.54) is 49.7 Å². The Morgan fingerprint density at radius 3 is 1.11 bits per heavy atom. The fourth-order valence-electron chi connectivity index (χ4n) is 10.9. The Hall–Kier alpha value is -9.96. The van der Waals surface area contributed by atoms with Crippen molar-refractivity contribution in [3.8, 4) is 61.3 Å². The molecule has 13 aromatic rings. The number of aromatic nitrogens is 1. The highest BCUT2D eigenvalue weighted by Gasteiger charge is 2.22. The normalized spacial score (nSPS) is 11.2. The van der Waals surface area contributed by atoms with E-state index in [1.807, 2.05) is 0 Å². The Morgan fingerprint density at radius 2 is 0.573 bits per heavy atom. The molecule has 12 aromatic carbocycles. The fraction of sp³-hybridized carbons (Fsp3) is 0. The molecule has 1 heterocycles. The number of para-hydroxylation sites is 5. The molecule has 0 spiro atoms. The zero-order valence-electron chi connectivity index (χ0n) is 41.3. The predicted molar refractivity (Wildman–Crippen MR) is 317 cm³/mol. The van der Waals surface area contributed by atoms with Gasteiger partial charge in [0.25, 0.3) is 0 Å². The molecule has 3 nitrogen and oxygen atoms in total. The molecule has 0 saturated heterocycles. The van der Waals surface area contributed by atoms with Gasteiger partial charge in [0, 0.05) is 50.5 Å². The first-order chi connectivity index (χ1) is 37.2. The molecule has 0 fully saturated rings. The van der Waals surface area contributed by atoms with Gasteiger partial charge in [0.1, 0.15) is 0 Å². The molecule has 0 radical (unpaired) electrons. The van der Waals surface area contributed by atoms with E-state index in [9.17, 15) is 0 Å². The maximum absolute atomic E-state index is 2.41. The van der Waals surface area contributed by atoms with Gasteiger partial charge in [-0.2, -0.15) is 0 Å². The van der Waals surface area contributed by atoms with Crippen LogP contribution in [0.25, 0.3) is 83.1 Å². The molecule has 1 aromatic heterocycles. The summed E-state index contributed by atoms with van der Waals surface area (Å²) in [6.07, 6.45) is 0. The molecule has 0 bridgehead atoms. The maximum Gasteiger partial charge on any atom is 0.0561 e. The molecule has 0 aliphatic rings. The average Bonchev–Trinajstić information content (AvgIpc) is 3.85. The third-order valence-corrected chi connectivity index (χ3v) is 14.4. The summed E-state index contributed by atoms with van der Waals surface area (Å²) in [6, 6.07) is 112. The topological polar surface area (TPSA) is 11.4 Å². The van der Waals surface area contributed by atoms with Crippen molar-refractivity contribution in [1.29, 1.82) is 0 Å². The quantitative estimate of drug-likeness (QED) is 0.121. The van der Waals surface area contributed by atoms with Crippen LogP contribution in [0.5, 0.6) is 0 Å². The Kier molecular flexibility index (Phi) is 11.9. The summed E-state index contributed by atoms with van der Waals surface area (Å²) in [6.45, 7) is 0. The van der Waals surface area contributed by atoms with Crippen LogP contribution in [0.15, 0.2) is 309 Å². The summed E-state index contributed by atoms with van der Waals surface area (Å²) >= 11 is 0. The van der Waals surface area contributed by atoms with E-state index in [2.05, 4.69) is 324 Å². The van der Waals surface area contributed by atoms with Crippen molar-refractivity contribution < 1.29 is 0 Å². The van der Waals surface area contributed by atoms with E-state index in [4.69, 9.17) is 0 Å². The van der Waals surface area contributed by atoms with Gasteiger partial charge in [-0.1, -0.05) is 212 Å². The van der Waals surface area contributed by atoms with Gasteiger partial charge in [-0.25, -0.2) is 0 Å².